The number of phenols is 1. The van der Waals surface area contributed by atoms with Gasteiger partial charge in [-0.3, -0.25) is 4.79 Å². The van der Waals surface area contributed by atoms with Crippen molar-refractivity contribution in [3.05, 3.63) is 59.2 Å². The van der Waals surface area contributed by atoms with Gasteiger partial charge in [-0.2, -0.15) is 13.2 Å². The van der Waals surface area contributed by atoms with Crippen LogP contribution in [0.1, 0.15) is 21.5 Å². The Bertz CT molecular complexity index is 760. The number of aryl methyl sites for hydroxylation is 1. The van der Waals surface area contributed by atoms with E-state index in [1.165, 1.54) is 12.1 Å². The molecule has 1 amide bonds. The van der Waals surface area contributed by atoms with Crippen LogP contribution in [0.3, 0.4) is 0 Å². The molecule has 0 radical (unpaired) electrons. The van der Waals surface area contributed by atoms with Crippen LogP contribution >= 0.6 is 0 Å². The summed E-state index contributed by atoms with van der Waals surface area (Å²) in [7, 11) is 0. The number of aromatic hydroxyl groups is 1. The molecule has 8 heteroatoms. The monoisotopic (exact) mass is 369 g/mol. The summed E-state index contributed by atoms with van der Waals surface area (Å²) in [6.07, 6.45) is -5.50. The van der Waals surface area contributed by atoms with Crippen molar-refractivity contribution < 1.29 is 32.9 Å². The lowest BCUT2D eigenvalue weighted by Crippen LogP contribution is -2.35. The summed E-state index contributed by atoms with van der Waals surface area (Å²) in [6.45, 7) is 1.40. The molecule has 2 aromatic rings. The second-order valence-corrected chi connectivity index (χ2v) is 5.72. The highest BCUT2D eigenvalue weighted by molar-refractivity contribution is 5.96. The molecular weight excluding hydrogens is 351 g/mol. The maximum atomic E-state index is 12.5. The quantitative estimate of drug-likeness (QED) is 0.732. The smallest absolute Gasteiger partial charge is 0.416 e. The summed E-state index contributed by atoms with van der Waals surface area (Å²) < 4.78 is 42.6. The highest BCUT2D eigenvalue weighted by atomic mass is 19.4. The van der Waals surface area contributed by atoms with Gasteiger partial charge >= 0.3 is 6.18 Å². The van der Waals surface area contributed by atoms with E-state index in [4.69, 9.17) is 4.74 Å². The van der Waals surface area contributed by atoms with Crippen LogP contribution in [-0.4, -0.2) is 35.4 Å². The van der Waals surface area contributed by atoms with Gasteiger partial charge in [0, 0.05) is 6.54 Å². The average molecular weight is 369 g/mol. The Morgan fingerprint density at radius 3 is 2.46 bits per heavy atom. The number of carbonyl (C=O) groups is 1. The number of hydrogen-bond acceptors (Lipinski definition) is 4. The Balaban J connectivity index is 1.82. The van der Waals surface area contributed by atoms with Crippen LogP contribution in [-0.2, 0) is 6.18 Å². The molecule has 26 heavy (non-hydrogen) atoms. The van der Waals surface area contributed by atoms with Gasteiger partial charge in [0.25, 0.3) is 5.91 Å². The summed E-state index contributed by atoms with van der Waals surface area (Å²) in [4.78, 5) is 12.0. The lowest BCUT2D eigenvalue weighted by atomic mass is 10.1. The predicted octanol–water partition coefficient (Wildman–Crippen LogP) is 2.89. The van der Waals surface area contributed by atoms with Gasteiger partial charge in [-0.25, -0.2) is 0 Å². The average Bonchev–Trinajstić information content (AvgIpc) is 2.59. The van der Waals surface area contributed by atoms with Crippen LogP contribution in [0.4, 0.5) is 13.2 Å². The van der Waals surface area contributed by atoms with Gasteiger partial charge in [0.05, 0.1) is 11.1 Å². The fourth-order valence-corrected chi connectivity index (χ4v) is 2.13. The maximum absolute atomic E-state index is 12.5. The number of amides is 1. The summed E-state index contributed by atoms with van der Waals surface area (Å²) in [5.74, 6) is -0.567. The third-order valence-electron chi connectivity index (χ3n) is 3.52. The summed E-state index contributed by atoms with van der Waals surface area (Å²) in [5, 5.41) is 22.0. The van der Waals surface area contributed by atoms with E-state index in [0.717, 1.165) is 29.8 Å². The van der Waals surface area contributed by atoms with Crippen molar-refractivity contribution in [2.45, 2.75) is 19.2 Å². The Labute approximate surface area is 148 Å². The van der Waals surface area contributed by atoms with E-state index < -0.39 is 23.8 Å². The number of alkyl halides is 3. The number of nitrogens with one attached hydrogen (secondary N) is 1. The van der Waals surface area contributed by atoms with Crippen LogP contribution < -0.4 is 10.1 Å². The standard InChI is InChI=1S/C18H18F3NO4/c1-11-2-7-16(24)15(8-11)17(25)22-9-13(23)10-26-14-5-3-12(4-6-14)18(19,20)21/h2-8,13,23-24H,9-10H2,1H3,(H,22,25). The molecule has 140 valence electrons. The van der Waals surface area contributed by atoms with Crippen LogP contribution in [0.5, 0.6) is 11.5 Å². The number of phenolic OH excluding ortho intramolecular Hbond substituents is 1. The van der Waals surface area contributed by atoms with Gasteiger partial charge in [0.2, 0.25) is 0 Å². The maximum Gasteiger partial charge on any atom is 0.416 e. The molecule has 0 aliphatic rings. The normalized spacial score (nSPS) is 12.5. The zero-order valence-corrected chi connectivity index (χ0v) is 13.9. The Morgan fingerprint density at radius 2 is 1.85 bits per heavy atom. The first-order chi connectivity index (χ1) is 12.2. The highest BCUT2D eigenvalue weighted by Crippen LogP contribution is 2.30. The molecule has 2 aromatic carbocycles. The number of hydrogen-bond donors (Lipinski definition) is 3. The molecule has 1 atom stereocenters. The lowest BCUT2D eigenvalue weighted by molar-refractivity contribution is -0.137. The number of aliphatic hydroxyl groups is 1. The lowest BCUT2D eigenvalue weighted by Gasteiger charge is -2.14. The first kappa shape index (κ1) is 19.6. The Morgan fingerprint density at radius 1 is 1.19 bits per heavy atom. The molecule has 2 rings (SSSR count). The van der Waals surface area contributed by atoms with Crippen molar-refractivity contribution >= 4 is 5.91 Å². The molecule has 0 saturated heterocycles. The minimum Gasteiger partial charge on any atom is -0.507 e. The molecular formula is C18H18F3NO4. The number of rotatable bonds is 6. The summed E-state index contributed by atoms with van der Waals surface area (Å²) >= 11 is 0. The van der Waals surface area contributed by atoms with Gasteiger partial charge in [-0.05, 0) is 43.3 Å². The molecule has 0 aromatic heterocycles. The number of aliphatic hydroxyl groups excluding tert-OH is 1. The molecule has 1 unspecified atom stereocenters. The topological polar surface area (TPSA) is 78.8 Å². The van der Waals surface area contributed by atoms with E-state index in [1.54, 1.807) is 13.0 Å². The number of halogens is 3. The molecule has 0 aliphatic heterocycles. The molecule has 0 spiro atoms. The fraction of sp³-hybridized carbons (Fsp3) is 0.278. The van der Waals surface area contributed by atoms with Crippen LogP contribution in [0, 0.1) is 6.92 Å². The van der Waals surface area contributed by atoms with E-state index in [0.29, 0.717) is 0 Å². The van der Waals surface area contributed by atoms with Gasteiger partial charge in [0.1, 0.15) is 24.2 Å². The zero-order valence-electron chi connectivity index (χ0n) is 13.9. The Hall–Kier alpha value is -2.74. The minimum absolute atomic E-state index is 0.0841. The molecule has 0 heterocycles. The highest BCUT2D eigenvalue weighted by Gasteiger charge is 2.30. The fourth-order valence-electron chi connectivity index (χ4n) is 2.13. The predicted molar refractivity (Wildman–Crippen MR) is 88.1 cm³/mol. The summed E-state index contributed by atoms with van der Waals surface area (Å²) in [5.41, 5.74) is 0.0793. The van der Waals surface area contributed by atoms with Crippen LogP contribution in [0.2, 0.25) is 0 Å². The zero-order chi connectivity index (χ0) is 19.3. The first-order valence-electron chi connectivity index (χ1n) is 7.73. The third-order valence-corrected chi connectivity index (χ3v) is 3.52. The van der Waals surface area contributed by atoms with Crippen LogP contribution in [0.15, 0.2) is 42.5 Å². The van der Waals surface area contributed by atoms with Gasteiger partial charge in [0.15, 0.2) is 0 Å². The van der Waals surface area contributed by atoms with Crippen molar-refractivity contribution in [3.63, 3.8) is 0 Å². The Kier molecular flexibility index (Phi) is 6.10. The van der Waals surface area contributed by atoms with Gasteiger partial charge < -0.3 is 20.3 Å². The molecule has 0 aliphatic carbocycles. The molecule has 3 N–H and O–H groups in total. The van der Waals surface area contributed by atoms with E-state index in [-0.39, 0.29) is 30.2 Å². The minimum atomic E-state index is -4.43. The number of benzene rings is 2. The van der Waals surface area contributed by atoms with Crippen LogP contribution in [0.25, 0.3) is 0 Å². The SMILES string of the molecule is Cc1ccc(O)c(C(=O)NCC(O)COc2ccc(C(F)(F)F)cc2)c1. The van der Waals surface area contributed by atoms with Crippen molar-refractivity contribution in [2.75, 3.05) is 13.2 Å². The largest absolute Gasteiger partial charge is 0.507 e. The van der Waals surface area contributed by atoms with E-state index in [1.807, 2.05) is 0 Å². The molecule has 0 bridgehead atoms. The molecule has 0 saturated carbocycles. The van der Waals surface area contributed by atoms with Crippen molar-refractivity contribution in [2.24, 2.45) is 0 Å². The van der Waals surface area contributed by atoms with Crippen molar-refractivity contribution in [1.82, 2.24) is 5.32 Å². The van der Waals surface area contributed by atoms with Gasteiger partial charge in [-0.15, -0.1) is 0 Å². The second kappa shape index (κ2) is 8.09. The summed E-state index contributed by atoms with van der Waals surface area (Å²) in [6, 6.07) is 8.62. The van der Waals surface area contributed by atoms with Crippen molar-refractivity contribution in [1.29, 1.82) is 0 Å². The van der Waals surface area contributed by atoms with Gasteiger partial charge in [-0.1, -0.05) is 11.6 Å². The van der Waals surface area contributed by atoms with E-state index >= 15 is 0 Å². The molecule has 0 fully saturated rings. The van der Waals surface area contributed by atoms with Crippen molar-refractivity contribution in [3.8, 4) is 11.5 Å². The second-order valence-electron chi connectivity index (χ2n) is 5.72. The van der Waals surface area contributed by atoms with E-state index in [9.17, 15) is 28.2 Å². The first-order valence-corrected chi connectivity index (χ1v) is 7.73. The molecule has 5 nitrogen and oxygen atoms in total. The number of ether oxygens (including phenoxy) is 1. The van der Waals surface area contributed by atoms with E-state index in [2.05, 4.69) is 5.32 Å². The third kappa shape index (κ3) is 5.38. The number of carbonyl (C=O) groups excluding carboxylic acids is 1.